The second-order valence-electron chi connectivity index (χ2n) is 7.13. The van der Waals surface area contributed by atoms with Gasteiger partial charge in [-0.15, -0.1) is 0 Å². The predicted octanol–water partition coefficient (Wildman–Crippen LogP) is 5.85. The van der Waals surface area contributed by atoms with Gasteiger partial charge in [0.1, 0.15) is 11.5 Å². The van der Waals surface area contributed by atoms with Crippen LogP contribution >= 0.6 is 23.2 Å². The summed E-state index contributed by atoms with van der Waals surface area (Å²) < 4.78 is 31.6. The molecular weight excluding hydrogens is 378 g/mol. The van der Waals surface area contributed by atoms with Crippen molar-refractivity contribution < 1.29 is 18.6 Å². The fourth-order valence-corrected chi connectivity index (χ4v) is 3.10. The van der Waals surface area contributed by atoms with Gasteiger partial charge in [-0.1, -0.05) is 37.0 Å². The zero-order valence-electron chi connectivity index (χ0n) is 14.9. The van der Waals surface area contributed by atoms with Crippen LogP contribution in [0.5, 0.6) is 11.5 Å². The molecule has 1 saturated heterocycles. The molecule has 0 saturated carbocycles. The van der Waals surface area contributed by atoms with Gasteiger partial charge in [-0.05, 0) is 55.0 Å². The van der Waals surface area contributed by atoms with Gasteiger partial charge in [0.2, 0.25) is 0 Å². The van der Waals surface area contributed by atoms with Crippen molar-refractivity contribution >= 4 is 23.2 Å². The number of halogens is 3. The van der Waals surface area contributed by atoms with Gasteiger partial charge < -0.3 is 14.2 Å². The Kier molecular flexibility index (Phi) is 5.38. The second kappa shape index (κ2) is 7.26. The van der Waals surface area contributed by atoms with Gasteiger partial charge in [0, 0.05) is 15.5 Å². The van der Waals surface area contributed by atoms with Gasteiger partial charge in [-0.2, -0.15) is 0 Å². The fraction of sp³-hybridized carbons (Fsp3) is 0.400. The third-order valence-corrected chi connectivity index (χ3v) is 5.23. The number of epoxide rings is 1. The molecule has 1 fully saturated rings. The highest BCUT2D eigenvalue weighted by molar-refractivity contribution is 6.30. The van der Waals surface area contributed by atoms with E-state index in [1.165, 1.54) is 0 Å². The Balaban J connectivity index is 1.92. The molecule has 140 valence electrons. The minimum atomic E-state index is -0.881. The molecule has 26 heavy (non-hydrogen) atoms. The summed E-state index contributed by atoms with van der Waals surface area (Å²) >= 11 is 12.0. The van der Waals surface area contributed by atoms with Crippen molar-refractivity contribution in [2.24, 2.45) is 5.41 Å². The van der Waals surface area contributed by atoms with Crippen LogP contribution in [-0.4, -0.2) is 25.2 Å². The maximum Gasteiger partial charge on any atom is 0.272 e. The van der Waals surface area contributed by atoms with E-state index < -0.39 is 24.0 Å². The van der Waals surface area contributed by atoms with Crippen LogP contribution in [0.2, 0.25) is 10.0 Å². The van der Waals surface area contributed by atoms with E-state index >= 15 is 0 Å². The molecule has 2 aromatic rings. The Bertz CT molecular complexity index is 773. The van der Waals surface area contributed by atoms with E-state index in [0.29, 0.717) is 28.2 Å². The van der Waals surface area contributed by atoms with Crippen molar-refractivity contribution in [2.45, 2.75) is 32.7 Å². The Hall–Kier alpha value is -1.49. The lowest BCUT2D eigenvalue weighted by molar-refractivity contribution is -0.101. The minimum absolute atomic E-state index is 0.356. The topological polar surface area (TPSA) is 31.0 Å². The average molecular weight is 399 g/mol. The highest BCUT2D eigenvalue weighted by atomic mass is 35.5. The number of aryl methyl sites for hydroxylation is 1. The van der Waals surface area contributed by atoms with Gasteiger partial charge in [0.05, 0.1) is 13.3 Å². The van der Waals surface area contributed by atoms with Crippen molar-refractivity contribution in [3.8, 4) is 11.5 Å². The van der Waals surface area contributed by atoms with E-state index in [4.69, 9.17) is 37.4 Å². The van der Waals surface area contributed by atoms with Crippen LogP contribution in [0.25, 0.3) is 0 Å². The molecule has 1 aliphatic heterocycles. The van der Waals surface area contributed by atoms with E-state index in [1.807, 2.05) is 6.92 Å². The molecule has 0 bridgehead atoms. The van der Waals surface area contributed by atoms with Crippen LogP contribution in [0.4, 0.5) is 4.39 Å². The number of hydrogen-bond donors (Lipinski definition) is 0. The van der Waals surface area contributed by atoms with E-state index in [9.17, 15) is 4.39 Å². The first-order chi connectivity index (χ1) is 12.3. The maximum atomic E-state index is 13.7. The normalized spacial score (nSPS) is 20.5. The molecule has 2 atom stereocenters. The van der Waals surface area contributed by atoms with E-state index in [2.05, 4.69) is 0 Å². The van der Waals surface area contributed by atoms with Crippen molar-refractivity contribution in [1.29, 1.82) is 0 Å². The van der Waals surface area contributed by atoms with Crippen molar-refractivity contribution in [1.82, 2.24) is 0 Å². The monoisotopic (exact) mass is 398 g/mol. The first-order valence-corrected chi connectivity index (χ1v) is 9.08. The minimum Gasteiger partial charge on any atom is -0.452 e. The fourth-order valence-electron chi connectivity index (χ4n) is 2.75. The zero-order chi connectivity index (χ0) is 18.9. The molecule has 1 aliphatic rings. The SMILES string of the molecule is Cc1cc(Cl)ccc1OC(Oc1ccc(Cl)cc1)C1(C(C)(C)CF)CO1. The molecule has 6 heteroatoms. The molecule has 3 rings (SSSR count). The third kappa shape index (κ3) is 3.78. The van der Waals surface area contributed by atoms with Crippen LogP contribution < -0.4 is 9.47 Å². The van der Waals surface area contributed by atoms with Gasteiger partial charge in [0.25, 0.3) is 6.29 Å². The molecule has 0 aliphatic carbocycles. The highest BCUT2D eigenvalue weighted by Crippen LogP contribution is 2.49. The summed E-state index contributed by atoms with van der Waals surface area (Å²) in [5, 5.41) is 1.22. The lowest BCUT2D eigenvalue weighted by Crippen LogP contribution is -2.50. The summed E-state index contributed by atoms with van der Waals surface area (Å²) in [6, 6.07) is 12.2. The Morgan fingerprint density at radius 2 is 1.73 bits per heavy atom. The third-order valence-electron chi connectivity index (χ3n) is 4.74. The molecule has 0 radical (unpaired) electrons. The van der Waals surface area contributed by atoms with Crippen molar-refractivity contribution in [3.63, 3.8) is 0 Å². The summed E-state index contributed by atoms with van der Waals surface area (Å²) in [4.78, 5) is 0. The number of rotatable bonds is 7. The zero-order valence-corrected chi connectivity index (χ0v) is 16.4. The Labute approximate surface area is 163 Å². The first kappa shape index (κ1) is 19.3. The largest absolute Gasteiger partial charge is 0.452 e. The first-order valence-electron chi connectivity index (χ1n) is 8.32. The van der Waals surface area contributed by atoms with Gasteiger partial charge in [-0.3, -0.25) is 4.39 Å². The van der Waals surface area contributed by atoms with E-state index in [1.54, 1.807) is 56.3 Å². The predicted molar refractivity (Wildman–Crippen MR) is 101 cm³/mol. The Morgan fingerprint density at radius 3 is 2.27 bits per heavy atom. The van der Waals surface area contributed by atoms with Gasteiger partial charge >= 0.3 is 0 Å². The number of hydrogen-bond acceptors (Lipinski definition) is 3. The van der Waals surface area contributed by atoms with E-state index in [0.717, 1.165) is 5.56 Å². The molecule has 0 N–H and O–H groups in total. The highest BCUT2D eigenvalue weighted by Gasteiger charge is 2.65. The smallest absolute Gasteiger partial charge is 0.272 e. The van der Waals surface area contributed by atoms with E-state index in [-0.39, 0.29) is 0 Å². The number of alkyl halides is 1. The molecule has 3 nitrogen and oxygen atoms in total. The van der Waals surface area contributed by atoms with Crippen molar-refractivity contribution in [2.75, 3.05) is 13.3 Å². The number of benzene rings is 2. The Morgan fingerprint density at radius 1 is 1.12 bits per heavy atom. The molecule has 0 amide bonds. The van der Waals surface area contributed by atoms with Gasteiger partial charge in [-0.25, -0.2) is 0 Å². The summed E-state index contributed by atoms with van der Waals surface area (Å²) in [6.07, 6.45) is -0.825. The van der Waals surface area contributed by atoms with Crippen LogP contribution in [0.3, 0.4) is 0 Å². The second-order valence-corrected chi connectivity index (χ2v) is 8.00. The summed E-state index contributed by atoms with van der Waals surface area (Å²) in [6.45, 7) is 5.29. The van der Waals surface area contributed by atoms with Crippen LogP contribution in [0.1, 0.15) is 19.4 Å². The molecular formula is C20H21Cl2FO3. The molecule has 1 heterocycles. The lowest BCUT2D eigenvalue weighted by atomic mass is 9.79. The summed E-state index contributed by atoms with van der Waals surface area (Å²) in [7, 11) is 0. The van der Waals surface area contributed by atoms with Crippen molar-refractivity contribution in [3.05, 3.63) is 58.1 Å². The molecule has 2 unspecified atom stereocenters. The quantitative estimate of drug-likeness (QED) is 0.432. The standard InChI is InChI=1S/C20H21Cl2FO3/c1-13-10-15(22)6-9-17(13)26-18(20(12-24-20)19(2,3)11-23)25-16-7-4-14(21)5-8-16/h4-10,18H,11-12H2,1-3H3. The van der Waals surface area contributed by atoms with Gasteiger partial charge in [0.15, 0.2) is 5.60 Å². The average Bonchev–Trinajstić information content (AvgIpc) is 3.41. The molecule has 2 aromatic carbocycles. The van der Waals surface area contributed by atoms with Crippen LogP contribution in [0, 0.1) is 12.3 Å². The lowest BCUT2D eigenvalue weighted by Gasteiger charge is -2.35. The molecule has 0 aromatic heterocycles. The van der Waals surface area contributed by atoms with Crippen LogP contribution in [0.15, 0.2) is 42.5 Å². The molecule has 0 spiro atoms. The summed E-state index contributed by atoms with van der Waals surface area (Å²) in [5.74, 6) is 1.17. The summed E-state index contributed by atoms with van der Waals surface area (Å²) in [5.41, 5.74) is -0.797. The van der Waals surface area contributed by atoms with Crippen LogP contribution in [-0.2, 0) is 4.74 Å². The maximum absolute atomic E-state index is 13.7. The number of ether oxygens (including phenoxy) is 3.